The van der Waals surface area contributed by atoms with Gasteiger partial charge < -0.3 is 4.74 Å². The SMILES string of the molecule is COCCS(=O)(=O)N[C@H](C)c1ccc(C#N)cc1. The molecule has 6 heteroatoms. The van der Waals surface area contributed by atoms with E-state index in [0.29, 0.717) is 5.56 Å². The predicted molar refractivity (Wildman–Crippen MR) is 68.4 cm³/mol. The third-order valence-corrected chi connectivity index (χ3v) is 3.87. The topological polar surface area (TPSA) is 79.2 Å². The van der Waals surface area contributed by atoms with Crippen molar-refractivity contribution in [1.29, 1.82) is 5.26 Å². The van der Waals surface area contributed by atoms with Gasteiger partial charge in [0.05, 0.1) is 24.0 Å². The second-order valence-electron chi connectivity index (χ2n) is 3.89. The molecule has 0 spiro atoms. The molecule has 1 atom stereocenters. The number of rotatable bonds is 6. The maximum Gasteiger partial charge on any atom is 0.214 e. The lowest BCUT2D eigenvalue weighted by molar-refractivity contribution is 0.216. The summed E-state index contributed by atoms with van der Waals surface area (Å²) in [6.45, 7) is 1.92. The third kappa shape index (κ3) is 4.45. The van der Waals surface area contributed by atoms with Crippen molar-refractivity contribution in [2.75, 3.05) is 19.5 Å². The fourth-order valence-corrected chi connectivity index (χ4v) is 2.61. The van der Waals surface area contributed by atoms with Crippen molar-refractivity contribution >= 4 is 10.0 Å². The fraction of sp³-hybridized carbons (Fsp3) is 0.417. The largest absolute Gasteiger partial charge is 0.384 e. The average molecular weight is 268 g/mol. The Morgan fingerprint density at radius 1 is 1.39 bits per heavy atom. The lowest BCUT2D eigenvalue weighted by Gasteiger charge is -2.14. The summed E-state index contributed by atoms with van der Waals surface area (Å²) in [5, 5.41) is 8.68. The van der Waals surface area contributed by atoms with Crippen LogP contribution in [0.1, 0.15) is 24.1 Å². The van der Waals surface area contributed by atoms with Gasteiger partial charge in [-0.25, -0.2) is 13.1 Å². The summed E-state index contributed by atoms with van der Waals surface area (Å²) in [7, 11) is -1.89. The van der Waals surface area contributed by atoms with E-state index in [1.807, 2.05) is 6.07 Å². The summed E-state index contributed by atoms with van der Waals surface area (Å²) >= 11 is 0. The van der Waals surface area contributed by atoms with Crippen molar-refractivity contribution < 1.29 is 13.2 Å². The van der Waals surface area contributed by atoms with Crippen LogP contribution in [0.5, 0.6) is 0 Å². The quantitative estimate of drug-likeness (QED) is 0.840. The van der Waals surface area contributed by atoms with Crippen LogP contribution in [0.2, 0.25) is 0 Å². The molecule has 1 rings (SSSR count). The molecule has 0 fully saturated rings. The lowest BCUT2D eigenvalue weighted by atomic mass is 10.1. The molecule has 1 aromatic rings. The number of hydrogen-bond acceptors (Lipinski definition) is 4. The lowest BCUT2D eigenvalue weighted by Crippen LogP contribution is -2.30. The van der Waals surface area contributed by atoms with E-state index < -0.39 is 10.0 Å². The summed E-state index contributed by atoms with van der Waals surface area (Å²) in [6, 6.07) is 8.48. The molecule has 5 nitrogen and oxygen atoms in total. The van der Waals surface area contributed by atoms with Gasteiger partial charge >= 0.3 is 0 Å². The molecule has 0 aliphatic rings. The monoisotopic (exact) mass is 268 g/mol. The van der Waals surface area contributed by atoms with Gasteiger partial charge in [0.25, 0.3) is 0 Å². The Hall–Kier alpha value is -1.42. The van der Waals surface area contributed by atoms with Gasteiger partial charge in [0.1, 0.15) is 0 Å². The first-order valence-corrected chi connectivity index (χ1v) is 7.12. The zero-order valence-electron chi connectivity index (χ0n) is 10.4. The third-order valence-electron chi connectivity index (χ3n) is 2.45. The number of hydrogen-bond donors (Lipinski definition) is 1. The predicted octanol–water partition coefficient (Wildman–Crippen LogP) is 1.19. The van der Waals surface area contributed by atoms with Gasteiger partial charge in [0, 0.05) is 13.2 Å². The molecule has 0 aromatic heterocycles. The van der Waals surface area contributed by atoms with Gasteiger partial charge in [-0.2, -0.15) is 5.26 Å². The van der Waals surface area contributed by atoms with Gasteiger partial charge in [0.2, 0.25) is 10.0 Å². The van der Waals surface area contributed by atoms with E-state index in [2.05, 4.69) is 4.72 Å². The molecule has 0 radical (unpaired) electrons. The molecule has 0 aliphatic heterocycles. The highest BCUT2D eigenvalue weighted by molar-refractivity contribution is 7.89. The van der Waals surface area contributed by atoms with Gasteiger partial charge in [0.15, 0.2) is 0 Å². The normalized spacial score (nSPS) is 12.9. The summed E-state index contributed by atoms with van der Waals surface area (Å²) in [5.41, 5.74) is 1.36. The molecule has 18 heavy (non-hydrogen) atoms. The van der Waals surface area contributed by atoms with E-state index in [0.717, 1.165) is 5.56 Å². The van der Waals surface area contributed by atoms with Crippen molar-refractivity contribution in [3.8, 4) is 6.07 Å². The van der Waals surface area contributed by atoms with E-state index in [1.165, 1.54) is 7.11 Å². The Kier molecular flexibility index (Phi) is 5.28. The first kappa shape index (κ1) is 14.6. The minimum Gasteiger partial charge on any atom is -0.384 e. The summed E-state index contributed by atoms with van der Waals surface area (Å²) < 4.78 is 30.6. The van der Waals surface area contributed by atoms with Crippen LogP contribution in [0.15, 0.2) is 24.3 Å². The zero-order valence-corrected chi connectivity index (χ0v) is 11.2. The van der Waals surface area contributed by atoms with Crippen molar-refractivity contribution in [1.82, 2.24) is 4.72 Å². The van der Waals surface area contributed by atoms with Crippen molar-refractivity contribution in [2.45, 2.75) is 13.0 Å². The van der Waals surface area contributed by atoms with Crippen LogP contribution in [-0.4, -0.2) is 27.9 Å². The Morgan fingerprint density at radius 2 is 2.00 bits per heavy atom. The number of methoxy groups -OCH3 is 1. The van der Waals surface area contributed by atoms with Crippen LogP contribution in [0.3, 0.4) is 0 Å². The van der Waals surface area contributed by atoms with Crippen LogP contribution in [0.25, 0.3) is 0 Å². The van der Waals surface area contributed by atoms with Gasteiger partial charge in [-0.1, -0.05) is 12.1 Å². The van der Waals surface area contributed by atoms with E-state index in [1.54, 1.807) is 31.2 Å². The highest BCUT2D eigenvalue weighted by atomic mass is 32.2. The Bertz CT molecular complexity index is 517. The molecular formula is C12H16N2O3S. The molecule has 0 unspecified atom stereocenters. The molecule has 1 N–H and O–H groups in total. The first-order valence-electron chi connectivity index (χ1n) is 5.47. The minimum absolute atomic E-state index is 0.0654. The van der Waals surface area contributed by atoms with Crippen molar-refractivity contribution in [2.24, 2.45) is 0 Å². The first-order chi connectivity index (χ1) is 8.48. The van der Waals surface area contributed by atoms with E-state index in [4.69, 9.17) is 10.00 Å². The standard InChI is InChI=1S/C12H16N2O3S/c1-10(14-18(15,16)8-7-17-2)12-5-3-11(9-13)4-6-12/h3-6,10,14H,7-8H2,1-2H3/t10-/m1/s1. The molecule has 0 aliphatic carbocycles. The van der Waals surface area contributed by atoms with E-state index >= 15 is 0 Å². The Morgan fingerprint density at radius 3 is 2.50 bits per heavy atom. The van der Waals surface area contributed by atoms with Crippen LogP contribution in [-0.2, 0) is 14.8 Å². The number of ether oxygens (including phenoxy) is 1. The van der Waals surface area contributed by atoms with Crippen molar-refractivity contribution in [3.63, 3.8) is 0 Å². The molecule has 0 amide bonds. The molecule has 0 saturated carbocycles. The molecule has 0 heterocycles. The van der Waals surface area contributed by atoms with Crippen molar-refractivity contribution in [3.05, 3.63) is 35.4 Å². The molecular weight excluding hydrogens is 252 g/mol. The Balaban J connectivity index is 2.70. The van der Waals surface area contributed by atoms with Crippen LogP contribution < -0.4 is 4.72 Å². The molecule has 0 saturated heterocycles. The van der Waals surface area contributed by atoms with Gasteiger partial charge in [-0.05, 0) is 24.6 Å². The summed E-state index contributed by atoms with van der Waals surface area (Å²) in [6.07, 6.45) is 0. The smallest absolute Gasteiger partial charge is 0.214 e. The minimum atomic E-state index is -3.35. The molecule has 98 valence electrons. The summed E-state index contributed by atoms with van der Waals surface area (Å²) in [5.74, 6) is -0.0654. The highest BCUT2D eigenvalue weighted by Crippen LogP contribution is 2.14. The fourth-order valence-electron chi connectivity index (χ4n) is 1.44. The van der Waals surface area contributed by atoms with Crippen LogP contribution >= 0.6 is 0 Å². The maximum absolute atomic E-state index is 11.7. The molecule has 0 bridgehead atoms. The highest BCUT2D eigenvalue weighted by Gasteiger charge is 2.15. The number of nitrogens with zero attached hydrogens (tertiary/aromatic N) is 1. The van der Waals surface area contributed by atoms with E-state index in [9.17, 15) is 8.42 Å². The second kappa shape index (κ2) is 6.50. The average Bonchev–Trinajstić information content (AvgIpc) is 2.36. The van der Waals surface area contributed by atoms with Crippen LogP contribution in [0.4, 0.5) is 0 Å². The number of nitrogens with one attached hydrogen (secondary N) is 1. The van der Waals surface area contributed by atoms with E-state index in [-0.39, 0.29) is 18.4 Å². The second-order valence-corrected chi connectivity index (χ2v) is 5.76. The number of sulfonamides is 1. The zero-order chi connectivity index (χ0) is 13.6. The number of nitriles is 1. The Labute approximate surface area is 107 Å². The maximum atomic E-state index is 11.7. The van der Waals surface area contributed by atoms with Gasteiger partial charge in [-0.15, -0.1) is 0 Å². The summed E-state index contributed by atoms with van der Waals surface area (Å²) in [4.78, 5) is 0. The number of benzene rings is 1. The van der Waals surface area contributed by atoms with Gasteiger partial charge in [-0.3, -0.25) is 0 Å². The van der Waals surface area contributed by atoms with Crippen LogP contribution in [0, 0.1) is 11.3 Å². The molecule has 1 aromatic carbocycles.